The standard InChI is InChI=1S/C28H32F2N8O/c29-28(30)6-3-18(4-7-28)26(39)38-20-1-2-21(38)12-22(11-20)36-15-27(16-36,8-9-31)37-14-19(13-35-37)24-23-5-10-32-25(23)34-17-33-24/h5,10,13-14,17-18,20-22H,1-4,6-8,11-12,15-16H2,(H,32,33,34). The lowest BCUT2D eigenvalue weighted by atomic mass is 9.81. The number of fused-ring (bicyclic) bond motifs is 3. The minimum atomic E-state index is -2.62. The normalized spacial score (nSPS) is 28.3. The summed E-state index contributed by atoms with van der Waals surface area (Å²) in [6.07, 6.45) is 11.6. The van der Waals surface area contributed by atoms with E-state index < -0.39 is 11.5 Å². The van der Waals surface area contributed by atoms with Gasteiger partial charge in [0.25, 0.3) is 0 Å². The van der Waals surface area contributed by atoms with Crippen molar-refractivity contribution >= 4 is 16.9 Å². The highest BCUT2D eigenvalue weighted by atomic mass is 19.3. The molecule has 7 rings (SSSR count). The van der Waals surface area contributed by atoms with Crippen LogP contribution in [0.2, 0.25) is 0 Å². The Morgan fingerprint density at radius 2 is 1.85 bits per heavy atom. The number of aromatic nitrogens is 5. The van der Waals surface area contributed by atoms with E-state index in [2.05, 4.69) is 35.9 Å². The van der Waals surface area contributed by atoms with Gasteiger partial charge in [0.15, 0.2) is 0 Å². The first-order valence-corrected chi connectivity index (χ1v) is 14.0. The number of alkyl halides is 2. The van der Waals surface area contributed by atoms with E-state index in [0.29, 0.717) is 25.3 Å². The molecule has 1 aliphatic carbocycles. The van der Waals surface area contributed by atoms with Gasteiger partial charge < -0.3 is 9.88 Å². The Kier molecular flexibility index (Phi) is 5.74. The molecule has 0 aromatic carbocycles. The number of rotatable bonds is 5. The van der Waals surface area contributed by atoms with Gasteiger partial charge in [0.1, 0.15) is 17.5 Å². The van der Waals surface area contributed by atoms with Crippen LogP contribution in [0.1, 0.15) is 57.8 Å². The molecule has 1 amide bonds. The van der Waals surface area contributed by atoms with Crippen molar-refractivity contribution in [3.05, 3.63) is 31.0 Å². The zero-order chi connectivity index (χ0) is 26.8. The van der Waals surface area contributed by atoms with E-state index in [1.165, 1.54) is 6.33 Å². The third-order valence-corrected chi connectivity index (χ3v) is 9.64. The van der Waals surface area contributed by atoms with Crippen LogP contribution < -0.4 is 0 Å². The maximum Gasteiger partial charge on any atom is 0.248 e. The predicted octanol–water partition coefficient (Wildman–Crippen LogP) is 4.09. The molecule has 9 nitrogen and oxygen atoms in total. The van der Waals surface area contributed by atoms with Gasteiger partial charge in [-0.05, 0) is 44.6 Å². The Labute approximate surface area is 225 Å². The van der Waals surface area contributed by atoms with Crippen LogP contribution in [-0.4, -0.2) is 77.6 Å². The fraction of sp³-hybridized carbons (Fsp3) is 0.607. The average Bonchev–Trinajstić information content (AvgIpc) is 3.63. The fourth-order valence-corrected chi connectivity index (χ4v) is 7.56. The van der Waals surface area contributed by atoms with Gasteiger partial charge in [0.05, 0.1) is 24.4 Å². The van der Waals surface area contributed by atoms with Gasteiger partial charge in [-0.3, -0.25) is 14.4 Å². The molecule has 2 unspecified atom stereocenters. The smallest absolute Gasteiger partial charge is 0.248 e. The number of H-pyrrole nitrogens is 1. The van der Waals surface area contributed by atoms with Crippen molar-refractivity contribution in [1.82, 2.24) is 34.5 Å². The Hall–Kier alpha value is -3.39. The monoisotopic (exact) mass is 534 g/mol. The van der Waals surface area contributed by atoms with E-state index >= 15 is 0 Å². The molecule has 3 aromatic rings. The Bertz CT molecular complexity index is 1410. The van der Waals surface area contributed by atoms with Crippen LogP contribution >= 0.6 is 0 Å². The van der Waals surface area contributed by atoms with Gasteiger partial charge in [0.2, 0.25) is 11.8 Å². The summed E-state index contributed by atoms with van der Waals surface area (Å²) in [6.45, 7) is 1.47. The molecule has 2 bridgehead atoms. The second-order valence-corrected chi connectivity index (χ2v) is 12.0. The van der Waals surface area contributed by atoms with Gasteiger partial charge in [-0.1, -0.05) is 0 Å². The SMILES string of the molecule is N#CCC1(n2cc(-c3ncnc4[nH]ccc34)cn2)CN(C2CC3CCC(C2)N3C(=O)C2CCC(F)(F)CC2)C1. The van der Waals surface area contributed by atoms with E-state index in [-0.39, 0.29) is 36.8 Å². The van der Waals surface area contributed by atoms with E-state index in [1.807, 2.05) is 29.3 Å². The Morgan fingerprint density at radius 1 is 1.10 bits per heavy atom. The minimum absolute atomic E-state index is 0.101. The lowest BCUT2D eigenvalue weighted by molar-refractivity contribution is -0.146. The highest BCUT2D eigenvalue weighted by Gasteiger charge is 2.53. The molecule has 4 aliphatic rings. The number of nitrogens with zero attached hydrogens (tertiary/aromatic N) is 7. The van der Waals surface area contributed by atoms with E-state index in [0.717, 1.165) is 61.1 Å². The lowest BCUT2D eigenvalue weighted by Crippen LogP contribution is -2.67. The minimum Gasteiger partial charge on any atom is -0.346 e. The fourth-order valence-electron chi connectivity index (χ4n) is 7.56. The maximum atomic E-state index is 13.6. The number of nitrogens with one attached hydrogen (secondary N) is 1. The summed E-state index contributed by atoms with van der Waals surface area (Å²) in [5, 5.41) is 15.3. The van der Waals surface area contributed by atoms with Crippen LogP contribution in [0.3, 0.4) is 0 Å². The first kappa shape index (κ1) is 24.6. The summed E-state index contributed by atoms with van der Waals surface area (Å²) in [6, 6.07) is 5.06. The molecule has 2 atom stereocenters. The summed E-state index contributed by atoms with van der Waals surface area (Å²) in [4.78, 5) is 29.7. The second-order valence-electron chi connectivity index (χ2n) is 12.0. The molecule has 3 aromatic heterocycles. The number of hydrogen-bond acceptors (Lipinski definition) is 6. The molecule has 39 heavy (non-hydrogen) atoms. The van der Waals surface area contributed by atoms with Crippen molar-refractivity contribution in [2.24, 2.45) is 5.92 Å². The lowest BCUT2D eigenvalue weighted by Gasteiger charge is -2.55. The quantitative estimate of drug-likeness (QED) is 0.528. The van der Waals surface area contributed by atoms with Crippen molar-refractivity contribution in [3.8, 4) is 17.3 Å². The average molecular weight is 535 g/mol. The summed E-state index contributed by atoms with van der Waals surface area (Å²) < 4.78 is 29.2. The number of carbonyl (C=O) groups is 1. The van der Waals surface area contributed by atoms with Crippen LogP contribution in [0, 0.1) is 17.2 Å². The third kappa shape index (κ3) is 4.11. The number of amides is 1. The molecule has 3 aliphatic heterocycles. The summed E-state index contributed by atoms with van der Waals surface area (Å²) in [5.74, 6) is -2.77. The van der Waals surface area contributed by atoms with E-state index in [1.54, 1.807) is 0 Å². The summed E-state index contributed by atoms with van der Waals surface area (Å²) >= 11 is 0. The highest BCUT2D eigenvalue weighted by molar-refractivity contribution is 5.90. The third-order valence-electron chi connectivity index (χ3n) is 9.64. The van der Waals surface area contributed by atoms with Crippen molar-refractivity contribution in [2.45, 2.75) is 87.4 Å². The van der Waals surface area contributed by atoms with Gasteiger partial charge in [-0.15, -0.1) is 0 Å². The first-order valence-electron chi connectivity index (χ1n) is 14.0. The topological polar surface area (TPSA) is 107 Å². The van der Waals surface area contributed by atoms with Crippen molar-refractivity contribution in [2.75, 3.05) is 13.1 Å². The van der Waals surface area contributed by atoms with Crippen molar-refractivity contribution < 1.29 is 13.6 Å². The van der Waals surface area contributed by atoms with Crippen LogP contribution in [0.4, 0.5) is 8.78 Å². The number of nitriles is 1. The zero-order valence-electron chi connectivity index (χ0n) is 21.8. The number of halogens is 2. The molecule has 0 radical (unpaired) electrons. The molecule has 204 valence electrons. The molecule has 11 heteroatoms. The molecule has 1 N–H and O–H groups in total. The number of aromatic amines is 1. The Morgan fingerprint density at radius 3 is 2.56 bits per heavy atom. The predicted molar refractivity (Wildman–Crippen MR) is 138 cm³/mol. The summed E-state index contributed by atoms with van der Waals surface area (Å²) in [7, 11) is 0. The largest absolute Gasteiger partial charge is 0.346 e. The van der Waals surface area contributed by atoms with Crippen LogP contribution in [0.25, 0.3) is 22.3 Å². The van der Waals surface area contributed by atoms with Gasteiger partial charge >= 0.3 is 0 Å². The Balaban J connectivity index is 1.03. The first-order chi connectivity index (χ1) is 18.9. The second kappa shape index (κ2) is 9.08. The van der Waals surface area contributed by atoms with Crippen LogP contribution in [0.15, 0.2) is 31.0 Å². The van der Waals surface area contributed by atoms with Crippen LogP contribution in [-0.2, 0) is 10.3 Å². The number of likely N-dealkylation sites (tertiary alicyclic amines) is 1. The van der Waals surface area contributed by atoms with Gasteiger partial charge in [-0.2, -0.15) is 10.4 Å². The molecule has 0 spiro atoms. The molecule has 1 saturated carbocycles. The maximum absolute atomic E-state index is 13.6. The molecule has 3 saturated heterocycles. The highest BCUT2D eigenvalue weighted by Crippen LogP contribution is 2.45. The number of hydrogen-bond donors (Lipinski definition) is 1. The number of carbonyl (C=O) groups excluding carboxylic acids is 1. The van der Waals surface area contributed by atoms with Gasteiger partial charge in [-0.25, -0.2) is 18.7 Å². The number of piperidine rings is 1. The molecule has 4 fully saturated rings. The summed E-state index contributed by atoms with van der Waals surface area (Å²) in [5.41, 5.74) is 2.08. The molecule has 6 heterocycles. The van der Waals surface area contributed by atoms with Crippen molar-refractivity contribution in [3.63, 3.8) is 0 Å². The molecular weight excluding hydrogens is 502 g/mol. The van der Waals surface area contributed by atoms with Gasteiger partial charge in [0, 0.05) is 73.3 Å². The van der Waals surface area contributed by atoms with E-state index in [4.69, 9.17) is 0 Å². The van der Waals surface area contributed by atoms with Crippen LogP contribution in [0.5, 0.6) is 0 Å². The molecular formula is C28H32F2N8O. The van der Waals surface area contributed by atoms with E-state index in [9.17, 15) is 18.8 Å². The zero-order valence-corrected chi connectivity index (χ0v) is 21.8. The van der Waals surface area contributed by atoms with Crippen molar-refractivity contribution in [1.29, 1.82) is 5.26 Å².